The summed E-state index contributed by atoms with van der Waals surface area (Å²) in [5.74, 6) is 0.887. The minimum absolute atomic E-state index is 0.295. The van der Waals surface area contributed by atoms with Gasteiger partial charge in [0.1, 0.15) is 0 Å². The molecule has 1 aliphatic rings. The minimum Gasteiger partial charge on any atom is -0.383 e. The van der Waals surface area contributed by atoms with Crippen molar-refractivity contribution in [3.63, 3.8) is 0 Å². The second kappa shape index (κ2) is 5.43. The van der Waals surface area contributed by atoms with Gasteiger partial charge in [-0.2, -0.15) is 0 Å². The number of methoxy groups -OCH3 is 2. The van der Waals surface area contributed by atoms with Gasteiger partial charge in [-0.1, -0.05) is 5.16 Å². The van der Waals surface area contributed by atoms with Crippen LogP contribution in [0.15, 0.2) is 16.8 Å². The predicted molar refractivity (Wildman–Crippen MR) is 58.0 cm³/mol. The smallest absolute Gasteiger partial charge is 0.150 e. The van der Waals surface area contributed by atoms with Crippen molar-refractivity contribution in [1.82, 2.24) is 10.1 Å². The Labute approximate surface area is 95.3 Å². The molecule has 1 aromatic heterocycles. The summed E-state index contributed by atoms with van der Waals surface area (Å²) in [4.78, 5) is 2.32. The number of likely N-dealkylation sites (tertiary alicyclic amines) is 1. The van der Waals surface area contributed by atoms with Crippen LogP contribution in [0.3, 0.4) is 0 Å². The van der Waals surface area contributed by atoms with E-state index in [1.807, 2.05) is 6.07 Å². The Morgan fingerprint density at radius 2 is 2.44 bits per heavy atom. The number of ether oxygens (including phenoxy) is 2. The maximum absolute atomic E-state index is 5.39. The maximum atomic E-state index is 5.39. The van der Waals surface area contributed by atoms with E-state index in [2.05, 4.69) is 10.1 Å². The normalized spacial score (nSPS) is 26.4. The summed E-state index contributed by atoms with van der Waals surface area (Å²) in [5.41, 5.74) is 0. The Hall–Kier alpha value is -0.910. The van der Waals surface area contributed by atoms with Gasteiger partial charge in [0.25, 0.3) is 0 Å². The number of rotatable bonds is 5. The quantitative estimate of drug-likeness (QED) is 0.747. The molecular weight excluding hydrogens is 208 g/mol. The summed E-state index contributed by atoms with van der Waals surface area (Å²) in [7, 11) is 3.49. The topological polar surface area (TPSA) is 47.7 Å². The van der Waals surface area contributed by atoms with E-state index in [-0.39, 0.29) is 0 Å². The van der Waals surface area contributed by atoms with Gasteiger partial charge >= 0.3 is 0 Å². The lowest BCUT2D eigenvalue weighted by atomic mass is 10.2. The molecule has 0 saturated carbocycles. The predicted octanol–water partition coefficient (Wildman–Crippen LogP) is 0.910. The Balaban J connectivity index is 1.95. The lowest BCUT2D eigenvalue weighted by Crippen LogP contribution is -2.32. The van der Waals surface area contributed by atoms with E-state index in [4.69, 9.17) is 14.0 Å². The molecule has 16 heavy (non-hydrogen) atoms. The Morgan fingerprint density at radius 3 is 3.06 bits per heavy atom. The Bertz CT molecular complexity index is 302. The van der Waals surface area contributed by atoms with Gasteiger partial charge in [0.2, 0.25) is 0 Å². The highest BCUT2D eigenvalue weighted by Crippen LogP contribution is 2.22. The third-order valence-corrected chi connectivity index (χ3v) is 3.03. The van der Waals surface area contributed by atoms with Gasteiger partial charge in [-0.3, -0.25) is 4.90 Å². The molecule has 0 aliphatic carbocycles. The first-order chi connectivity index (χ1) is 7.83. The molecule has 1 saturated heterocycles. The lowest BCUT2D eigenvalue weighted by molar-refractivity contribution is 0.101. The molecule has 1 fully saturated rings. The summed E-state index contributed by atoms with van der Waals surface area (Å²) >= 11 is 0. The maximum Gasteiger partial charge on any atom is 0.150 e. The van der Waals surface area contributed by atoms with Crippen LogP contribution in [0, 0.1) is 0 Å². The van der Waals surface area contributed by atoms with Gasteiger partial charge in [-0.05, 0) is 6.42 Å². The molecule has 5 heteroatoms. The molecule has 2 atom stereocenters. The van der Waals surface area contributed by atoms with Gasteiger partial charge in [-0.15, -0.1) is 0 Å². The second-order valence-corrected chi connectivity index (χ2v) is 4.11. The molecule has 1 aromatic rings. The van der Waals surface area contributed by atoms with Gasteiger partial charge < -0.3 is 14.0 Å². The zero-order valence-electron chi connectivity index (χ0n) is 9.76. The van der Waals surface area contributed by atoms with Crippen molar-refractivity contribution in [2.45, 2.75) is 25.1 Å². The van der Waals surface area contributed by atoms with Gasteiger partial charge in [0.05, 0.1) is 25.5 Å². The fourth-order valence-electron chi connectivity index (χ4n) is 2.19. The van der Waals surface area contributed by atoms with Crippen LogP contribution < -0.4 is 0 Å². The van der Waals surface area contributed by atoms with Gasteiger partial charge in [0.15, 0.2) is 5.76 Å². The van der Waals surface area contributed by atoms with E-state index in [1.165, 1.54) is 0 Å². The van der Waals surface area contributed by atoms with Crippen LogP contribution in [0.25, 0.3) is 0 Å². The van der Waals surface area contributed by atoms with Crippen LogP contribution in [0.2, 0.25) is 0 Å². The van der Waals surface area contributed by atoms with Crippen LogP contribution in [0.1, 0.15) is 12.2 Å². The van der Waals surface area contributed by atoms with Crippen LogP contribution >= 0.6 is 0 Å². The monoisotopic (exact) mass is 226 g/mol. The van der Waals surface area contributed by atoms with Gasteiger partial charge in [-0.25, -0.2) is 0 Å². The number of hydrogen-bond donors (Lipinski definition) is 0. The highest BCUT2D eigenvalue weighted by molar-refractivity contribution is 4.96. The van der Waals surface area contributed by atoms with Crippen molar-refractivity contribution >= 4 is 0 Å². The molecule has 2 heterocycles. The van der Waals surface area contributed by atoms with Crippen LogP contribution in [-0.2, 0) is 16.0 Å². The molecule has 2 rings (SSSR count). The highest BCUT2D eigenvalue weighted by Gasteiger charge is 2.32. The summed E-state index contributed by atoms with van der Waals surface area (Å²) in [6.07, 6.45) is 2.98. The average molecular weight is 226 g/mol. The molecule has 0 bridgehead atoms. The molecule has 0 unspecified atom stereocenters. The zero-order valence-corrected chi connectivity index (χ0v) is 9.76. The third-order valence-electron chi connectivity index (χ3n) is 3.03. The largest absolute Gasteiger partial charge is 0.383 e. The summed E-state index contributed by atoms with van der Waals surface area (Å²) in [6, 6.07) is 2.30. The van der Waals surface area contributed by atoms with E-state index < -0.39 is 0 Å². The molecule has 0 radical (unpaired) electrons. The standard InChI is InChI=1S/C11H18N2O3/c1-14-8-9-5-11(15-2)7-13(9)6-10-3-4-12-16-10/h3-4,9,11H,5-8H2,1-2H3/t9-,11-/m0/s1. The van der Waals surface area contributed by atoms with E-state index >= 15 is 0 Å². The molecule has 1 aliphatic heterocycles. The van der Waals surface area contributed by atoms with Crippen molar-refractivity contribution in [2.75, 3.05) is 27.4 Å². The first kappa shape index (κ1) is 11.6. The summed E-state index contributed by atoms with van der Waals surface area (Å²) in [5, 5.41) is 3.71. The van der Waals surface area contributed by atoms with Crippen molar-refractivity contribution in [1.29, 1.82) is 0 Å². The number of aromatic nitrogens is 1. The second-order valence-electron chi connectivity index (χ2n) is 4.11. The van der Waals surface area contributed by atoms with Crippen molar-refractivity contribution in [3.05, 3.63) is 18.0 Å². The molecule has 0 aromatic carbocycles. The molecular formula is C11H18N2O3. The lowest BCUT2D eigenvalue weighted by Gasteiger charge is -2.21. The fourth-order valence-corrected chi connectivity index (χ4v) is 2.19. The number of hydrogen-bond acceptors (Lipinski definition) is 5. The van der Waals surface area contributed by atoms with Crippen LogP contribution in [0.4, 0.5) is 0 Å². The van der Waals surface area contributed by atoms with Crippen LogP contribution in [-0.4, -0.2) is 49.6 Å². The van der Waals surface area contributed by atoms with E-state index in [1.54, 1.807) is 20.4 Å². The molecule has 0 amide bonds. The first-order valence-electron chi connectivity index (χ1n) is 5.48. The molecule has 5 nitrogen and oxygen atoms in total. The summed E-state index contributed by atoms with van der Waals surface area (Å²) < 4.78 is 15.7. The van der Waals surface area contributed by atoms with E-state index in [9.17, 15) is 0 Å². The van der Waals surface area contributed by atoms with Gasteiger partial charge in [0, 0.05) is 32.9 Å². The first-order valence-corrected chi connectivity index (χ1v) is 5.48. The van der Waals surface area contributed by atoms with Crippen LogP contribution in [0.5, 0.6) is 0 Å². The third kappa shape index (κ3) is 2.61. The molecule has 0 N–H and O–H groups in total. The SMILES string of the molecule is COC[C@@H]1C[C@H](OC)CN1Cc1ccno1. The van der Waals surface area contributed by atoms with Crippen molar-refractivity contribution in [2.24, 2.45) is 0 Å². The fraction of sp³-hybridized carbons (Fsp3) is 0.727. The Morgan fingerprint density at radius 1 is 1.56 bits per heavy atom. The Kier molecular flexibility index (Phi) is 3.93. The van der Waals surface area contributed by atoms with Crippen molar-refractivity contribution < 1.29 is 14.0 Å². The zero-order chi connectivity index (χ0) is 11.4. The van der Waals surface area contributed by atoms with Crippen molar-refractivity contribution in [3.8, 4) is 0 Å². The van der Waals surface area contributed by atoms with E-state index in [0.717, 1.165) is 31.9 Å². The van der Waals surface area contributed by atoms with E-state index in [0.29, 0.717) is 12.1 Å². The molecule has 0 spiro atoms. The average Bonchev–Trinajstić information content (AvgIpc) is 2.90. The summed E-state index contributed by atoms with van der Waals surface area (Å²) in [6.45, 7) is 2.42. The minimum atomic E-state index is 0.295. The highest BCUT2D eigenvalue weighted by atomic mass is 16.5. The molecule has 90 valence electrons. The number of nitrogens with zero attached hydrogens (tertiary/aromatic N) is 2.